The van der Waals surface area contributed by atoms with E-state index in [1.165, 1.54) is 0 Å². The first-order valence-electron chi connectivity index (χ1n) is 8.00. The number of carboxylic acid groups (broad SMARTS) is 1. The maximum atomic E-state index is 12.2. The van der Waals surface area contributed by atoms with Crippen molar-refractivity contribution in [3.8, 4) is 0 Å². The number of hydrogen-bond donors (Lipinski definition) is 1. The minimum Gasteiger partial charge on any atom is -0.481 e. The molecule has 128 valence electrons. The molecule has 6 nitrogen and oxygen atoms in total. The number of carbonyl (C=O) groups excluding carboxylic acids is 1. The molecule has 1 saturated carbocycles. The zero-order chi connectivity index (χ0) is 17.1. The number of ether oxygens (including phenoxy) is 1. The van der Waals surface area contributed by atoms with Crippen LogP contribution in [0.3, 0.4) is 0 Å². The largest absolute Gasteiger partial charge is 0.481 e. The van der Waals surface area contributed by atoms with Crippen LogP contribution in [0.25, 0.3) is 0 Å². The highest BCUT2D eigenvalue weighted by molar-refractivity contribution is 5.83. The van der Waals surface area contributed by atoms with Crippen molar-refractivity contribution in [2.45, 2.75) is 26.2 Å². The van der Waals surface area contributed by atoms with E-state index in [0.717, 1.165) is 5.56 Å². The molecule has 0 saturated heterocycles. The van der Waals surface area contributed by atoms with Gasteiger partial charge in [-0.2, -0.15) is 4.89 Å². The van der Waals surface area contributed by atoms with Crippen LogP contribution < -0.4 is 0 Å². The van der Waals surface area contributed by atoms with E-state index in [4.69, 9.17) is 14.5 Å². The van der Waals surface area contributed by atoms with Crippen LogP contribution in [0.15, 0.2) is 42.5 Å². The minimum atomic E-state index is -0.970. The Morgan fingerprint density at radius 3 is 2.50 bits per heavy atom. The molecule has 0 heterocycles. The molecule has 2 aliphatic rings. The van der Waals surface area contributed by atoms with Crippen molar-refractivity contribution >= 4 is 11.9 Å². The van der Waals surface area contributed by atoms with Crippen LogP contribution in [0.2, 0.25) is 0 Å². The van der Waals surface area contributed by atoms with Crippen LogP contribution in [0.1, 0.15) is 18.9 Å². The lowest BCUT2D eigenvalue weighted by Gasteiger charge is -2.22. The van der Waals surface area contributed by atoms with Gasteiger partial charge >= 0.3 is 11.9 Å². The van der Waals surface area contributed by atoms with Crippen LogP contribution in [-0.2, 0) is 30.7 Å². The van der Waals surface area contributed by atoms with E-state index in [-0.39, 0.29) is 11.8 Å². The number of benzene rings is 1. The summed E-state index contributed by atoms with van der Waals surface area (Å²) in [6.45, 7) is 1.94. The number of rotatable bonds is 7. The minimum absolute atomic E-state index is 0.0901. The first-order chi connectivity index (χ1) is 11.6. The SMILES string of the molecule is CC(OCc1ccccc1)OOC(=O)C1C2C=CC(C2)C1C(=O)O. The number of allylic oxidation sites excluding steroid dienone is 2. The van der Waals surface area contributed by atoms with E-state index in [9.17, 15) is 14.7 Å². The van der Waals surface area contributed by atoms with Crippen LogP contribution in [-0.4, -0.2) is 23.3 Å². The van der Waals surface area contributed by atoms with Gasteiger partial charge in [0, 0.05) is 0 Å². The van der Waals surface area contributed by atoms with Crippen molar-refractivity contribution in [2.24, 2.45) is 23.7 Å². The van der Waals surface area contributed by atoms with Crippen LogP contribution in [0, 0.1) is 23.7 Å². The highest BCUT2D eigenvalue weighted by Gasteiger charge is 2.53. The second-order valence-electron chi connectivity index (χ2n) is 6.20. The molecule has 6 heteroatoms. The maximum absolute atomic E-state index is 12.2. The first kappa shape index (κ1) is 16.7. The van der Waals surface area contributed by atoms with E-state index < -0.39 is 30.1 Å². The molecular weight excluding hydrogens is 312 g/mol. The fourth-order valence-electron chi connectivity index (χ4n) is 3.47. The van der Waals surface area contributed by atoms with E-state index in [1.807, 2.05) is 42.5 Å². The van der Waals surface area contributed by atoms with Crippen molar-refractivity contribution < 1.29 is 29.2 Å². The lowest BCUT2D eigenvalue weighted by atomic mass is 9.83. The summed E-state index contributed by atoms with van der Waals surface area (Å²) >= 11 is 0. The van der Waals surface area contributed by atoms with Gasteiger partial charge in [0.15, 0.2) is 0 Å². The molecule has 0 radical (unpaired) electrons. The third kappa shape index (κ3) is 3.49. The smallest absolute Gasteiger partial charge is 0.347 e. The Kier molecular flexibility index (Phi) is 4.97. The second-order valence-corrected chi connectivity index (χ2v) is 6.20. The zero-order valence-electron chi connectivity index (χ0n) is 13.3. The normalized spacial score (nSPS) is 28.7. The molecule has 5 unspecified atom stereocenters. The number of carbonyl (C=O) groups is 2. The molecule has 0 aromatic heterocycles. The maximum Gasteiger partial charge on any atom is 0.347 e. The molecule has 1 N–H and O–H groups in total. The molecule has 0 spiro atoms. The van der Waals surface area contributed by atoms with Crippen molar-refractivity contribution in [3.63, 3.8) is 0 Å². The Balaban J connectivity index is 1.48. The second kappa shape index (κ2) is 7.15. The number of hydrogen-bond acceptors (Lipinski definition) is 5. The number of fused-ring (bicyclic) bond motifs is 2. The number of aliphatic carboxylic acids is 1. The Morgan fingerprint density at radius 2 is 1.83 bits per heavy atom. The summed E-state index contributed by atoms with van der Waals surface area (Å²) in [4.78, 5) is 33.5. The third-order valence-corrected chi connectivity index (χ3v) is 4.61. The lowest BCUT2D eigenvalue weighted by molar-refractivity contribution is -0.352. The van der Waals surface area contributed by atoms with Crippen molar-refractivity contribution in [1.29, 1.82) is 0 Å². The fourth-order valence-corrected chi connectivity index (χ4v) is 3.47. The average molecular weight is 332 g/mol. The Labute approximate surface area is 139 Å². The Bertz CT molecular complexity index is 626. The Hall–Kier alpha value is -2.18. The van der Waals surface area contributed by atoms with Crippen LogP contribution >= 0.6 is 0 Å². The van der Waals surface area contributed by atoms with Crippen molar-refractivity contribution in [3.05, 3.63) is 48.0 Å². The summed E-state index contributed by atoms with van der Waals surface area (Å²) in [6.07, 6.45) is 3.70. The van der Waals surface area contributed by atoms with Crippen molar-refractivity contribution in [1.82, 2.24) is 0 Å². The summed E-state index contributed by atoms with van der Waals surface area (Å²) < 4.78 is 5.45. The van der Waals surface area contributed by atoms with Gasteiger partial charge in [-0.1, -0.05) is 42.5 Å². The van der Waals surface area contributed by atoms with Crippen molar-refractivity contribution in [2.75, 3.05) is 0 Å². The molecule has 0 amide bonds. The summed E-state index contributed by atoms with van der Waals surface area (Å²) in [6, 6.07) is 9.54. The van der Waals surface area contributed by atoms with Gasteiger partial charge in [0.25, 0.3) is 0 Å². The molecule has 1 fully saturated rings. The van der Waals surface area contributed by atoms with E-state index >= 15 is 0 Å². The van der Waals surface area contributed by atoms with E-state index in [2.05, 4.69) is 0 Å². The number of carboxylic acids is 1. The predicted octanol–water partition coefficient (Wildman–Crippen LogP) is 2.55. The van der Waals surface area contributed by atoms with Gasteiger partial charge in [-0.25, -0.2) is 4.79 Å². The molecule has 2 aliphatic carbocycles. The van der Waals surface area contributed by atoms with Gasteiger partial charge in [-0.05, 0) is 30.7 Å². The molecular formula is C18H20O6. The monoisotopic (exact) mass is 332 g/mol. The standard InChI is InChI=1S/C18H20O6/c1-11(22-10-12-5-3-2-4-6-12)23-24-18(21)16-14-8-7-13(9-14)15(16)17(19)20/h2-8,11,13-16H,9-10H2,1H3,(H,19,20). The molecule has 2 bridgehead atoms. The van der Waals surface area contributed by atoms with E-state index in [1.54, 1.807) is 6.92 Å². The van der Waals surface area contributed by atoms with E-state index in [0.29, 0.717) is 13.0 Å². The zero-order valence-corrected chi connectivity index (χ0v) is 13.3. The first-order valence-corrected chi connectivity index (χ1v) is 8.00. The molecule has 1 aromatic rings. The fraction of sp³-hybridized carbons (Fsp3) is 0.444. The molecule has 24 heavy (non-hydrogen) atoms. The predicted molar refractivity (Wildman–Crippen MR) is 83.2 cm³/mol. The van der Waals surface area contributed by atoms with Gasteiger partial charge < -0.3 is 9.84 Å². The Morgan fingerprint density at radius 1 is 1.17 bits per heavy atom. The summed E-state index contributed by atoms with van der Waals surface area (Å²) in [5.74, 6) is -3.24. The van der Waals surface area contributed by atoms with Gasteiger partial charge in [0.1, 0.15) is 0 Å². The average Bonchev–Trinajstić information content (AvgIpc) is 3.20. The topological polar surface area (TPSA) is 82.1 Å². The summed E-state index contributed by atoms with van der Waals surface area (Å²) in [5.41, 5.74) is 0.975. The van der Waals surface area contributed by atoms with Gasteiger partial charge in [-0.15, -0.1) is 0 Å². The highest BCUT2D eigenvalue weighted by atomic mass is 17.2. The molecule has 0 aliphatic heterocycles. The summed E-state index contributed by atoms with van der Waals surface area (Å²) in [7, 11) is 0. The van der Waals surface area contributed by atoms with Crippen LogP contribution in [0.4, 0.5) is 0 Å². The van der Waals surface area contributed by atoms with Gasteiger partial charge in [0.2, 0.25) is 6.29 Å². The quantitative estimate of drug-likeness (QED) is 0.358. The summed E-state index contributed by atoms with van der Waals surface area (Å²) in [5, 5.41) is 9.34. The highest BCUT2D eigenvalue weighted by Crippen LogP contribution is 2.48. The molecule has 1 aromatic carbocycles. The lowest BCUT2D eigenvalue weighted by Crippen LogP contribution is -2.34. The van der Waals surface area contributed by atoms with Gasteiger partial charge in [0.05, 0.1) is 18.4 Å². The third-order valence-electron chi connectivity index (χ3n) is 4.61. The molecule has 3 rings (SSSR count). The van der Waals surface area contributed by atoms with Gasteiger partial charge in [-0.3, -0.25) is 9.68 Å². The molecule has 5 atom stereocenters. The van der Waals surface area contributed by atoms with Crippen LogP contribution in [0.5, 0.6) is 0 Å².